The molecular formula is C22H19ClN2O4S. The molecule has 0 fully saturated rings. The van der Waals surface area contributed by atoms with Gasteiger partial charge in [-0.15, -0.1) is 0 Å². The number of phenols is 1. The van der Waals surface area contributed by atoms with E-state index in [-0.39, 0.29) is 21.9 Å². The van der Waals surface area contributed by atoms with E-state index in [9.17, 15) is 18.3 Å². The fraction of sp³-hybridized carbons (Fsp3) is 0.136. The van der Waals surface area contributed by atoms with Gasteiger partial charge in [-0.05, 0) is 53.9 Å². The molecule has 0 aromatic heterocycles. The first-order valence-electron chi connectivity index (χ1n) is 9.31. The number of carbonyl (C=O) groups is 1. The number of carbonyl (C=O) groups excluding carboxylic acids is 1. The van der Waals surface area contributed by atoms with Crippen LogP contribution in [0.3, 0.4) is 0 Å². The molecule has 0 unspecified atom stereocenters. The van der Waals surface area contributed by atoms with E-state index in [1.807, 2.05) is 24.3 Å². The van der Waals surface area contributed by atoms with Gasteiger partial charge in [-0.2, -0.15) is 4.31 Å². The highest BCUT2D eigenvalue weighted by atomic mass is 35.5. The van der Waals surface area contributed by atoms with Crippen molar-refractivity contribution in [3.05, 3.63) is 88.4 Å². The summed E-state index contributed by atoms with van der Waals surface area (Å²) in [5.41, 5.74) is 2.44. The van der Waals surface area contributed by atoms with Gasteiger partial charge >= 0.3 is 0 Å². The number of hydrogen-bond acceptors (Lipinski definition) is 4. The third kappa shape index (κ3) is 4.05. The molecule has 6 nitrogen and oxygen atoms in total. The number of phenolic OH excluding ortho intramolecular Hbond substituents is 1. The fourth-order valence-corrected chi connectivity index (χ4v) is 5.06. The Labute approximate surface area is 179 Å². The number of halogens is 1. The summed E-state index contributed by atoms with van der Waals surface area (Å²) in [5, 5.41) is 12.8. The summed E-state index contributed by atoms with van der Waals surface area (Å²) in [5.74, 6) is -0.683. The van der Waals surface area contributed by atoms with Crippen molar-refractivity contribution in [2.45, 2.75) is 17.9 Å². The molecule has 3 aromatic rings. The van der Waals surface area contributed by atoms with Crippen molar-refractivity contribution >= 4 is 33.2 Å². The second-order valence-electron chi connectivity index (χ2n) is 7.00. The smallest absolute Gasteiger partial charge is 0.255 e. The van der Waals surface area contributed by atoms with Gasteiger partial charge in [0.25, 0.3) is 5.91 Å². The average Bonchev–Trinajstić information content (AvgIpc) is 2.76. The predicted molar refractivity (Wildman–Crippen MR) is 115 cm³/mol. The molecule has 1 heterocycles. The average molecular weight is 443 g/mol. The van der Waals surface area contributed by atoms with Crippen LogP contribution < -0.4 is 5.32 Å². The molecule has 1 amide bonds. The quantitative estimate of drug-likeness (QED) is 0.597. The van der Waals surface area contributed by atoms with Crippen LogP contribution in [0.1, 0.15) is 21.5 Å². The van der Waals surface area contributed by atoms with Crippen LogP contribution >= 0.6 is 11.6 Å². The van der Waals surface area contributed by atoms with Gasteiger partial charge in [0.05, 0.1) is 10.6 Å². The molecule has 0 atom stereocenters. The molecule has 154 valence electrons. The Bertz CT molecular complexity index is 1230. The number of aromatic hydroxyl groups is 1. The Morgan fingerprint density at radius 3 is 2.57 bits per heavy atom. The molecule has 0 radical (unpaired) electrons. The molecule has 1 aliphatic rings. The topological polar surface area (TPSA) is 86.7 Å². The summed E-state index contributed by atoms with van der Waals surface area (Å²) in [6.07, 6.45) is 0.642. The second kappa shape index (κ2) is 8.10. The molecule has 0 bridgehead atoms. The molecule has 0 saturated carbocycles. The molecular weight excluding hydrogens is 424 g/mol. The predicted octanol–water partition coefficient (Wildman–Crippen LogP) is 4.04. The fourth-order valence-electron chi connectivity index (χ4n) is 3.42. The number of nitrogens with zero attached hydrogens (tertiary/aromatic N) is 1. The van der Waals surface area contributed by atoms with Gasteiger partial charge in [-0.3, -0.25) is 4.79 Å². The molecule has 4 rings (SSSR count). The molecule has 0 saturated heterocycles. The molecule has 2 N–H and O–H groups in total. The van der Waals surface area contributed by atoms with Crippen LogP contribution in [-0.4, -0.2) is 30.3 Å². The lowest BCUT2D eigenvalue weighted by Gasteiger charge is -2.28. The van der Waals surface area contributed by atoms with Crippen LogP contribution in [0.4, 0.5) is 5.69 Å². The Morgan fingerprint density at radius 2 is 1.77 bits per heavy atom. The monoisotopic (exact) mass is 442 g/mol. The van der Waals surface area contributed by atoms with Gasteiger partial charge in [0.2, 0.25) is 10.0 Å². The Hall–Kier alpha value is -2.87. The lowest BCUT2D eigenvalue weighted by atomic mass is 10.0. The van der Waals surface area contributed by atoms with Crippen molar-refractivity contribution in [1.82, 2.24) is 4.31 Å². The molecule has 30 heavy (non-hydrogen) atoms. The van der Waals surface area contributed by atoms with Crippen LogP contribution in [0.5, 0.6) is 5.75 Å². The van der Waals surface area contributed by atoms with E-state index in [0.717, 1.165) is 11.1 Å². The van der Waals surface area contributed by atoms with E-state index in [2.05, 4.69) is 5.32 Å². The van der Waals surface area contributed by atoms with Crippen molar-refractivity contribution in [3.8, 4) is 5.75 Å². The number of nitrogens with one attached hydrogen (secondary N) is 1. The van der Waals surface area contributed by atoms with E-state index in [1.165, 1.54) is 46.8 Å². The maximum Gasteiger partial charge on any atom is 0.255 e. The molecule has 0 spiro atoms. The first-order valence-corrected chi connectivity index (χ1v) is 11.1. The molecule has 8 heteroatoms. The Morgan fingerprint density at radius 1 is 1.00 bits per heavy atom. The van der Waals surface area contributed by atoms with E-state index >= 15 is 0 Å². The number of hydrogen-bond donors (Lipinski definition) is 2. The lowest BCUT2D eigenvalue weighted by Crippen LogP contribution is -2.36. The first kappa shape index (κ1) is 20.4. The number of anilines is 1. The molecule has 1 aliphatic heterocycles. The second-order valence-corrected chi connectivity index (χ2v) is 9.38. The highest BCUT2D eigenvalue weighted by molar-refractivity contribution is 7.89. The van der Waals surface area contributed by atoms with Crippen LogP contribution in [0.2, 0.25) is 5.02 Å². The van der Waals surface area contributed by atoms with Gasteiger partial charge in [0, 0.05) is 23.7 Å². The summed E-state index contributed by atoms with van der Waals surface area (Å²) < 4.78 is 27.8. The summed E-state index contributed by atoms with van der Waals surface area (Å²) in [6, 6.07) is 17.9. The maximum absolute atomic E-state index is 13.2. The van der Waals surface area contributed by atoms with Crippen molar-refractivity contribution in [1.29, 1.82) is 0 Å². The zero-order valence-electron chi connectivity index (χ0n) is 15.9. The minimum Gasteiger partial charge on any atom is -0.506 e. The summed E-state index contributed by atoms with van der Waals surface area (Å²) >= 11 is 5.91. The van der Waals surface area contributed by atoms with E-state index < -0.39 is 15.9 Å². The van der Waals surface area contributed by atoms with E-state index in [1.54, 1.807) is 0 Å². The minimum atomic E-state index is -3.77. The van der Waals surface area contributed by atoms with Crippen molar-refractivity contribution in [2.75, 3.05) is 11.9 Å². The molecule has 0 aliphatic carbocycles. The Kier molecular flexibility index (Phi) is 5.51. The van der Waals surface area contributed by atoms with E-state index in [0.29, 0.717) is 24.5 Å². The van der Waals surface area contributed by atoms with Crippen LogP contribution in [0.25, 0.3) is 0 Å². The number of sulfonamides is 1. The third-order valence-corrected chi connectivity index (χ3v) is 7.11. The highest BCUT2D eigenvalue weighted by Gasteiger charge is 2.28. The van der Waals surface area contributed by atoms with Gasteiger partial charge in [0.1, 0.15) is 5.75 Å². The normalized spacial score (nSPS) is 14.2. The van der Waals surface area contributed by atoms with Crippen molar-refractivity contribution in [3.63, 3.8) is 0 Å². The number of rotatable bonds is 4. The number of benzene rings is 3. The summed E-state index contributed by atoms with van der Waals surface area (Å²) in [6.45, 7) is 0.678. The third-order valence-electron chi connectivity index (χ3n) is 5.04. The van der Waals surface area contributed by atoms with Gasteiger partial charge < -0.3 is 10.4 Å². The van der Waals surface area contributed by atoms with Gasteiger partial charge in [0.15, 0.2) is 0 Å². The summed E-state index contributed by atoms with van der Waals surface area (Å²) in [7, 11) is -3.77. The maximum atomic E-state index is 13.2. The highest BCUT2D eigenvalue weighted by Crippen LogP contribution is 2.28. The zero-order valence-corrected chi connectivity index (χ0v) is 17.4. The van der Waals surface area contributed by atoms with E-state index in [4.69, 9.17) is 11.6 Å². The zero-order chi connectivity index (χ0) is 21.3. The van der Waals surface area contributed by atoms with Gasteiger partial charge in [-0.25, -0.2) is 8.42 Å². The minimum absolute atomic E-state index is 0.0462. The van der Waals surface area contributed by atoms with Crippen LogP contribution in [0.15, 0.2) is 71.6 Å². The van der Waals surface area contributed by atoms with Crippen LogP contribution in [-0.2, 0) is 23.0 Å². The van der Waals surface area contributed by atoms with Gasteiger partial charge in [-0.1, -0.05) is 41.9 Å². The first-order chi connectivity index (χ1) is 14.3. The van der Waals surface area contributed by atoms with Crippen molar-refractivity contribution in [2.24, 2.45) is 0 Å². The largest absolute Gasteiger partial charge is 0.506 e. The lowest BCUT2D eigenvalue weighted by molar-refractivity contribution is 0.102. The molecule has 3 aromatic carbocycles. The Balaban J connectivity index is 1.58. The number of amides is 1. The van der Waals surface area contributed by atoms with Crippen molar-refractivity contribution < 1.29 is 18.3 Å². The standard InChI is InChI=1S/C22H19ClN2O4S/c23-18-8-9-21(26)20(13-18)24-22(27)16-6-3-7-19(12-16)30(28,29)25-11-10-15-4-1-2-5-17(15)14-25/h1-9,12-13,26H,10-11,14H2,(H,24,27). The summed E-state index contributed by atoms with van der Waals surface area (Å²) in [4.78, 5) is 12.7. The SMILES string of the molecule is O=C(Nc1cc(Cl)ccc1O)c1cccc(S(=O)(=O)N2CCc3ccccc3C2)c1. The number of fused-ring (bicyclic) bond motifs is 1. The van der Waals surface area contributed by atoms with Crippen LogP contribution in [0, 0.1) is 0 Å².